The van der Waals surface area contributed by atoms with Gasteiger partial charge in [-0.25, -0.2) is 9.98 Å². The molecule has 1 aromatic rings. The van der Waals surface area contributed by atoms with E-state index in [4.69, 9.17) is 9.73 Å². The predicted molar refractivity (Wildman–Crippen MR) is 121 cm³/mol. The highest BCUT2D eigenvalue weighted by Crippen LogP contribution is 2.57. The molecule has 0 aliphatic heterocycles. The number of hydrogen-bond acceptors (Lipinski definition) is 3. The van der Waals surface area contributed by atoms with E-state index in [1.807, 2.05) is 12.4 Å². The highest BCUT2D eigenvalue weighted by atomic mass is 127. The first kappa shape index (κ1) is 22.5. The minimum Gasteiger partial charge on any atom is -0.378 e. The molecule has 2 unspecified atom stereocenters. The number of nitrogens with zero attached hydrogens (tertiary/aromatic N) is 3. The van der Waals surface area contributed by atoms with Crippen LogP contribution in [0.4, 0.5) is 0 Å². The van der Waals surface area contributed by atoms with E-state index in [1.165, 1.54) is 19.3 Å². The Labute approximate surface area is 181 Å². The molecule has 1 aromatic heterocycles. The molecule has 2 aliphatic rings. The molecule has 2 saturated carbocycles. The molecule has 2 N–H and O–H groups in total. The third-order valence-electron chi connectivity index (χ3n) is 5.83. The second-order valence-electron chi connectivity index (χ2n) is 8.05. The molecule has 2 fully saturated rings. The molecular formula is C20H36IN5O. The van der Waals surface area contributed by atoms with Crippen LogP contribution in [0.2, 0.25) is 0 Å². The first-order valence-corrected chi connectivity index (χ1v) is 10.3. The van der Waals surface area contributed by atoms with Gasteiger partial charge in [-0.05, 0) is 39.0 Å². The molecule has 0 amide bonds. The number of rotatable bonds is 8. The van der Waals surface area contributed by atoms with Crippen LogP contribution in [0.3, 0.4) is 0 Å². The quantitative estimate of drug-likeness (QED) is 0.333. The average molecular weight is 489 g/mol. The van der Waals surface area contributed by atoms with Gasteiger partial charge in [-0.15, -0.1) is 24.0 Å². The molecule has 1 spiro atoms. The van der Waals surface area contributed by atoms with Crippen LogP contribution < -0.4 is 10.6 Å². The summed E-state index contributed by atoms with van der Waals surface area (Å²) < 4.78 is 8.17. The fourth-order valence-corrected chi connectivity index (χ4v) is 4.33. The molecule has 2 aliphatic carbocycles. The van der Waals surface area contributed by atoms with Crippen molar-refractivity contribution in [2.75, 3.05) is 13.2 Å². The van der Waals surface area contributed by atoms with Gasteiger partial charge in [0.2, 0.25) is 0 Å². The van der Waals surface area contributed by atoms with Gasteiger partial charge in [0.25, 0.3) is 0 Å². The Morgan fingerprint density at radius 2 is 2.19 bits per heavy atom. The summed E-state index contributed by atoms with van der Waals surface area (Å²) in [6.45, 7) is 11.9. The van der Waals surface area contributed by atoms with Crippen LogP contribution in [0.25, 0.3) is 0 Å². The predicted octanol–water partition coefficient (Wildman–Crippen LogP) is 3.56. The minimum absolute atomic E-state index is 0. The normalized spacial score (nSPS) is 23.5. The number of imidazole rings is 1. The maximum absolute atomic E-state index is 5.97. The van der Waals surface area contributed by atoms with Crippen molar-refractivity contribution >= 4 is 29.9 Å². The van der Waals surface area contributed by atoms with Crippen LogP contribution in [0.15, 0.2) is 17.4 Å². The summed E-state index contributed by atoms with van der Waals surface area (Å²) in [5.74, 6) is 2.52. The Hall–Kier alpha value is -0.830. The first-order chi connectivity index (χ1) is 12.6. The largest absolute Gasteiger partial charge is 0.378 e. The number of aromatic nitrogens is 2. The summed E-state index contributed by atoms with van der Waals surface area (Å²) in [6, 6.07) is 0.473. The molecule has 7 heteroatoms. The summed E-state index contributed by atoms with van der Waals surface area (Å²) >= 11 is 0. The third-order valence-corrected chi connectivity index (χ3v) is 5.83. The van der Waals surface area contributed by atoms with Crippen LogP contribution in [0.1, 0.15) is 59.2 Å². The third kappa shape index (κ3) is 4.96. The zero-order valence-electron chi connectivity index (χ0n) is 17.2. The van der Waals surface area contributed by atoms with Crippen LogP contribution in [0.5, 0.6) is 0 Å². The molecule has 0 radical (unpaired) electrons. The van der Waals surface area contributed by atoms with E-state index >= 15 is 0 Å². The second-order valence-corrected chi connectivity index (χ2v) is 8.05. The van der Waals surface area contributed by atoms with Crippen molar-refractivity contribution in [3.63, 3.8) is 0 Å². The fourth-order valence-electron chi connectivity index (χ4n) is 4.33. The number of halogens is 1. The average Bonchev–Trinajstić information content (AvgIpc) is 2.96. The Morgan fingerprint density at radius 1 is 1.41 bits per heavy atom. The lowest BCUT2D eigenvalue weighted by atomic mass is 9.51. The Morgan fingerprint density at radius 3 is 2.78 bits per heavy atom. The van der Waals surface area contributed by atoms with Crippen LogP contribution >= 0.6 is 24.0 Å². The number of nitrogens with one attached hydrogen (secondary N) is 2. The molecule has 2 atom stereocenters. The van der Waals surface area contributed by atoms with Crippen molar-refractivity contribution in [2.45, 2.75) is 78.6 Å². The van der Waals surface area contributed by atoms with E-state index < -0.39 is 0 Å². The van der Waals surface area contributed by atoms with E-state index in [9.17, 15) is 0 Å². The SMILES string of the molecule is CCNC(=NCc1nccn1CC(C)C)NC1CC(OCC)C12CCC2.I. The van der Waals surface area contributed by atoms with Crippen molar-refractivity contribution < 1.29 is 4.74 Å². The van der Waals surface area contributed by atoms with Crippen molar-refractivity contribution in [3.8, 4) is 0 Å². The topological polar surface area (TPSA) is 63.5 Å². The van der Waals surface area contributed by atoms with E-state index in [-0.39, 0.29) is 24.0 Å². The fraction of sp³-hybridized carbons (Fsp3) is 0.800. The molecule has 154 valence electrons. The monoisotopic (exact) mass is 489 g/mol. The first-order valence-electron chi connectivity index (χ1n) is 10.3. The van der Waals surface area contributed by atoms with Crippen molar-refractivity contribution in [1.29, 1.82) is 0 Å². The van der Waals surface area contributed by atoms with Gasteiger partial charge in [0.1, 0.15) is 12.4 Å². The Kier molecular flexibility index (Phi) is 8.39. The van der Waals surface area contributed by atoms with Gasteiger partial charge in [0, 0.05) is 43.5 Å². The van der Waals surface area contributed by atoms with Crippen molar-refractivity contribution in [2.24, 2.45) is 16.3 Å². The van der Waals surface area contributed by atoms with Gasteiger partial charge in [-0.2, -0.15) is 0 Å². The Bertz CT molecular complexity index is 611. The van der Waals surface area contributed by atoms with Crippen molar-refractivity contribution in [1.82, 2.24) is 20.2 Å². The van der Waals surface area contributed by atoms with Crippen LogP contribution in [0, 0.1) is 11.3 Å². The maximum Gasteiger partial charge on any atom is 0.191 e. The van der Waals surface area contributed by atoms with Crippen LogP contribution in [-0.4, -0.2) is 40.8 Å². The molecule has 6 nitrogen and oxygen atoms in total. The van der Waals surface area contributed by atoms with E-state index in [1.54, 1.807) is 0 Å². The standard InChI is InChI=1S/C20H35N5O.HI/c1-5-21-19(23-13-18-22-10-11-25(18)14-15(3)4)24-16-12-17(26-6-2)20(16)8-7-9-20;/h10-11,15-17H,5-9,12-14H2,1-4H3,(H2,21,23,24);1H. The lowest BCUT2D eigenvalue weighted by Crippen LogP contribution is -2.68. The van der Waals surface area contributed by atoms with Crippen LogP contribution in [-0.2, 0) is 17.8 Å². The zero-order valence-corrected chi connectivity index (χ0v) is 19.5. The zero-order chi connectivity index (χ0) is 18.6. The number of ether oxygens (including phenoxy) is 1. The molecule has 3 rings (SSSR count). The number of guanidine groups is 1. The van der Waals surface area contributed by atoms with E-state index in [0.29, 0.717) is 30.0 Å². The highest BCUT2D eigenvalue weighted by Gasteiger charge is 2.59. The van der Waals surface area contributed by atoms with Gasteiger partial charge in [0.05, 0.1) is 6.10 Å². The van der Waals surface area contributed by atoms with Gasteiger partial charge in [-0.3, -0.25) is 0 Å². The van der Waals surface area contributed by atoms with Gasteiger partial charge < -0.3 is 19.9 Å². The second kappa shape index (κ2) is 10.1. The van der Waals surface area contributed by atoms with E-state index in [0.717, 1.165) is 37.9 Å². The molecule has 27 heavy (non-hydrogen) atoms. The number of aliphatic imine (C=N–C) groups is 1. The van der Waals surface area contributed by atoms with E-state index in [2.05, 4.69) is 47.9 Å². The van der Waals surface area contributed by atoms with Crippen molar-refractivity contribution in [3.05, 3.63) is 18.2 Å². The lowest BCUT2D eigenvalue weighted by Gasteiger charge is -2.61. The molecule has 0 bridgehead atoms. The summed E-state index contributed by atoms with van der Waals surface area (Å²) in [5.41, 5.74) is 0.336. The lowest BCUT2D eigenvalue weighted by molar-refractivity contribution is -0.168. The van der Waals surface area contributed by atoms with Gasteiger partial charge in [0.15, 0.2) is 5.96 Å². The molecule has 1 heterocycles. The summed E-state index contributed by atoms with van der Waals surface area (Å²) in [4.78, 5) is 9.30. The maximum atomic E-state index is 5.97. The Balaban J connectivity index is 0.00000261. The molecular weight excluding hydrogens is 453 g/mol. The molecule has 0 aromatic carbocycles. The number of hydrogen-bond donors (Lipinski definition) is 2. The summed E-state index contributed by atoms with van der Waals surface area (Å²) in [5, 5.41) is 7.08. The highest BCUT2D eigenvalue weighted by molar-refractivity contribution is 14.0. The smallest absolute Gasteiger partial charge is 0.191 e. The van der Waals surface area contributed by atoms with Gasteiger partial charge >= 0.3 is 0 Å². The van der Waals surface area contributed by atoms with Gasteiger partial charge in [-0.1, -0.05) is 20.3 Å². The summed E-state index contributed by atoms with van der Waals surface area (Å²) in [7, 11) is 0. The minimum atomic E-state index is 0. The summed E-state index contributed by atoms with van der Waals surface area (Å²) in [6.07, 6.45) is 9.29. The molecule has 0 saturated heterocycles.